The maximum Gasteiger partial charge on any atom is 0.127 e. The summed E-state index contributed by atoms with van der Waals surface area (Å²) in [4.78, 5) is 4.55. The summed E-state index contributed by atoms with van der Waals surface area (Å²) >= 11 is 0. The summed E-state index contributed by atoms with van der Waals surface area (Å²) in [5.41, 5.74) is 9.38. The Labute approximate surface area is 264 Å². The molecule has 7 aromatic carbocycles. The predicted octanol–water partition coefficient (Wildman–Crippen LogP) is 8.77. The number of nitrogens with zero attached hydrogens (tertiary/aromatic N) is 2. The summed E-state index contributed by atoms with van der Waals surface area (Å²) < 4.78 is 1.82. The highest BCUT2D eigenvalue weighted by molar-refractivity contribution is 6.38. The van der Waals surface area contributed by atoms with Gasteiger partial charge < -0.3 is 5.11 Å². The van der Waals surface area contributed by atoms with Crippen molar-refractivity contribution < 1.29 is 5.11 Å². The van der Waals surface area contributed by atoms with Crippen molar-refractivity contribution in [2.75, 3.05) is 0 Å². The minimum absolute atomic E-state index is 0.175. The van der Waals surface area contributed by atoms with Crippen LogP contribution in [0, 0.1) is 0 Å². The van der Waals surface area contributed by atoms with E-state index in [9.17, 15) is 5.11 Å². The lowest BCUT2D eigenvalue weighted by Crippen LogP contribution is -2.30. The maximum atomic E-state index is 10.6. The zero-order valence-electron chi connectivity index (χ0n) is 24.4. The third-order valence-corrected chi connectivity index (χ3v) is 8.55. The van der Waals surface area contributed by atoms with E-state index in [1.54, 1.807) is 0 Å². The molecule has 0 atom stereocenters. The van der Waals surface area contributed by atoms with Gasteiger partial charge in [0.2, 0.25) is 0 Å². The Hall–Kier alpha value is -5.38. The van der Waals surface area contributed by atoms with Gasteiger partial charge in [-0.2, -0.15) is 0 Å². The highest BCUT2D eigenvalue weighted by atomic mass is 16.3. The molecular weight excluding hydrogens is 546 g/mol. The van der Waals surface area contributed by atoms with Gasteiger partial charge in [-0.1, -0.05) is 127 Å². The molecule has 3 nitrogen and oxygen atoms in total. The van der Waals surface area contributed by atoms with E-state index in [-0.39, 0.29) is 5.82 Å². The SMILES string of the molecule is [B]C([B])(O)c1nc2ccccc2n1-c1ccc(-c2c3ccccc3c(-c3ccccc3-c3ccccc3)c3ccccc23)cc1. The molecule has 0 saturated heterocycles. The van der Waals surface area contributed by atoms with E-state index in [4.69, 9.17) is 15.7 Å². The first-order chi connectivity index (χ1) is 22.0. The molecule has 0 bridgehead atoms. The molecule has 4 radical (unpaired) electrons. The van der Waals surface area contributed by atoms with Gasteiger partial charge in [0.1, 0.15) is 21.5 Å². The first kappa shape index (κ1) is 27.2. The number of aliphatic hydroxyl groups is 1. The number of para-hydroxylation sites is 2. The van der Waals surface area contributed by atoms with Gasteiger partial charge in [0.25, 0.3) is 0 Å². The number of benzene rings is 7. The molecule has 8 aromatic rings. The molecule has 0 aliphatic heterocycles. The van der Waals surface area contributed by atoms with Gasteiger partial charge >= 0.3 is 0 Å². The van der Waals surface area contributed by atoms with E-state index in [1.807, 2.05) is 41.0 Å². The summed E-state index contributed by atoms with van der Waals surface area (Å²) in [6.07, 6.45) is 0. The third-order valence-electron chi connectivity index (χ3n) is 8.55. The molecule has 5 heteroatoms. The number of fused-ring (bicyclic) bond motifs is 3. The van der Waals surface area contributed by atoms with Gasteiger partial charge in [-0.05, 0) is 79.2 Å². The van der Waals surface area contributed by atoms with Crippen LogP contribution in [0.2, 0.25) is 0 Å². The summed E-state index contributed by atoms with van der Waals surface area (Å²) in [5.74, 6) is 0.175. The molecule has 1 N–H and O–H groups in total. The molecule has 0 aliphatic carbocycles. The predicted molar refractivity (Wildman–Crippen MR) is 188 cm³/mol. The molecule has 0 aliphatic rings. The van der Waals surface area contributed by atoms with Crippen molar-refractivity contribution in [1.29, 1.82) is 0 Å². The smallest absolute Gasteiger partial charge is 0.127 e. The van der Waals surface area contributed by atoms with Crippen molar-refractivity contribution in [2.45, 2.75) is 5.40 Å². The van der Waals surface area contributed by atoms with Crippen LogP contribution in [-0.4, -0.2) is 30.4 Å². The average molecular weight is 572 g/mol. The third kappa shape index (κ3) is 4.56. The highest BCUT2D eigenvalue weighted by Crippen LogP contribution is 2.46. The van der Waals surface area contributed by atoms with Gasteiger partial charge in [0.15, 0.2) is 0 Å². The molecule has 1 aromatic heterocycles. The lowest BCUT2D eigenvalue weighted by atomic mass is 9.65. The Morgan fingerprint density at radius 1 is 0.489 bits per heavy atom. The number of hydrogen-bond acceptors (Lipinski definition) is 2. The Morgan fingerprint density at radius 3 is 1.62 bits per heavy atom. The fourth-order valence-electron chi connectivity index (χ4n) is 6.63. The molecule has 8 rings (SSSR count). The number of aromatic nitrogens is 2. The second kappa shape index (κ2) is 10.7. The maximum absolute atomic E-state index is 10.6. The average Bonchev–Trinajstić information content (AvgIpc) is 3.48. The highest BCUT2D eigenvalue weighted by Gasteiger charge is 2.25. The molecule has 0 amide bonds. The summed E-state index contributed by atoms with van der Waals surface area (Å²) in [5, 5.41) is 13.2. The monoisotopic (exact) mass is 572 g/mol. The number of rotatable bonds is 5. The summed E-state index contributed by atoms with van der Waals surface area (Å²) in [7, 11) is 11.9. The first-order valence-electron chi connectivity index (χ1n) is 15.0. The van der Waals surface area contributed by atoms with Crippen LogP contribution in [0.1, 0.15) is 5.82 Å². The molecule has 1 heterocycles. The van der Waals surface area contributed by atoms with E-state index < -0.39 is 5.40 Å². The quantitative estimate of drug-likeness (QED) is 0.165. The summed E-state index contributed by atoms with van der Waals surface area (Å²) in [6.45, 7) is 0. The normalized spacial score (nSPS) is 11.8. The summed E-state index contributed by atoms with van der Waals surface area (Å²) in [6, 6.07) is 52.5. The van der Waals surface area contributed by atoms with Crippen molar-refractivity contribution in [3.8, 4) is 39.1 Å². The van der Waals surface area contributed by atoms with Crippen molar-refractivity contribution in [2.24, 2.45) is 0 Å². The number of hydrogen-bond donors (Lipinski definition) is 1. The second-order valence-electron chi connectivity index (χ2n) is 11.4. The van der Waals surface area contributed by atoms with Crippen molar-refractivity contribution in [1.82, 2.24) is 9.55 Å². The van der Waals surface area contributed by atoms with Crippen LogP contribution >= 0.6 is 0 Å². The van der Waals surface area contributed by atoms with Crippen LogP contribution < -0.4 is 0 Å². The van der Waals surface area contributed by atoms with Gasteiger partial charge in [-0.15, -0.1) is 0 Å². The molecule has 0 unspecified atom stereocenters. The van der Waals surface area contributed by atoms with Crippen LogP contribution in [0.4, 0.5) is 0 Å². The molecular formula is C40H26B2N2O. The molecule has 45 heavy (non-hydrogen) atoms. The number of imidazole rings is 1. The largest absolute Gasteiger partial charge is 0.402 e. The van der Waals surface area contributed by atoms with Gasteiger partial charge in [-0.25, -0.2) is 4.98 Å². The molecule has 0 saturated carbocycles. The van der Waals surface area contributed by atoms with Crippen molar-refractivity contribution in [3.63, 3.8) is 0 Å². The Kier molecular flexibility index (Phi) is 6.44. The van der Waals surface area contributed by atoms with Gasteiger partial charge in [-0.3, -0.25) is 4.57 Å². The molecule has 208 valence electrons. The van der Waals surface area contributed by atoms with E-state index in [0.717, 1.165) is 16.8 Å². The standard InChI is InChI=1S/C40H26B2N2O/c41-40(42,45)39-43-35-20-10-11-21-36(35)44(39)28-24-22-27(23-25-28)37-31-16-6-8-18-33(31)38(34-19-9-7-17-32(34)37)30-15-5-4-14-29(30)26-12-2-1-3-13-26/h1-25,45H. The van der Waals surface area contributed by atoms with Gasteiger partial charge in [0.05, 0.1) is 11.0 Å². The van der Waals surface area contributed by atoms with Crippen molar-refractivity contribution in [3.05, 3.63) is 157 Å². The Balaban J connectivity index is 1.36. The topological polar surface area (TPSA) is 38.1 Å². The van der Waals surface area contributed by atoms with E-state index in [1.165, 1.54) is 49.4 Å². The van der Waals surface area contributed by atoms with Crippen molar-refractivity contribution >= 4 is 48.3 Å². The minimum Gasteiger partial charge on any atom is -0.402 e. The van der Waals surface area contributed by atoms with Crippen LogP contribution in [0.25, 0.3) is 71.6 Å². The Morgan fingerprint density at radius 2 is 1.00 bits per heavy atom. The minimum atomic E-state index is -2.10. The van der Waals surface area contributed by atoms with E-state index in [2.05, 4.69) is 120 Å². The molecule has 0 fully saturated rings. The zero-order valence-corrected chi connectivity index (χ0v) is 24.4. The lowest BCUT2D eigenvalue weighted by molar-refractivity contribution is 0.205. The van der Waals surface area contributed by atoms with E-state index in [0.29, 0.717) is 5.52 Å². The Bertz CT molecular complexity index is 2300. The fraction of sp³-hybridized carbons (Fsp3) is 0.0250. The first-order valence-corrected chi connectivity index (χ1v) is 15.0. The lowest BCUT2D eigenvalue weighted by Gasteiger charge is -2.21. The van der Waals surface area contributed by atoms with Crippen LogP contribution in [0.15, 0.2) is 152 Å². The van der Waals surface area contributed by atoms with E-state index >= 15 is 0 Å². The second-order valence-corrected chi connectivity index (χ2v) is 11.4. The van der Waals surface area contributed by atoms with Crippen LogP contribution in [-0.2, 0) is 5.40 Å². The molecule has 0 spiro atoms. The van der Waals surface area contributed by atoms with Crippen LogP contribution in [0.3, 0.4) is 0 Å². The van der Waals surface area contributed by atoms with Gasteiger partial charge in [0, 0.05) is 11.1 Å². The van der Waals surface area contributed by atoms with Crippen LogP contribution in [0.5, 0.6) is 0 Å². The zero-order chi connectivity index (χ0) is 30.5. The fourth-order valence-corrected chi connectivity index (χ4v) is 6.63.